The highest BCUT2D eigenvalue weighted by Crippen LogP contribution is 2.21. The van der Waals surface area contributed by atoms with Crippen molar-refractivity contribution < 1.29 is 14.3 Å². The Morgan fingerprint density at radius 1 is 1.52 bits per heavy atom. The minimum absolute atomic E-state index is 0.199. The van der Waals surface area contributed by atoms with Gasteiger partial charge < -0.3 is 10.0 Å². The molecule has 0 radical (unpaired) electrons. The Kier molecular flexibility index (Phi) is 4.77. The monoisotopic (exact) mass is 316 g/mol. The zero-order valence-corrected chi connectivity index (χ0v) is 13.1. The van der Waals surface area contributed by atoms with Crippen LogP contribution in [0.1, 0.15) is 40.3 Å². The fraction of sp³-hybridized carbons (Fsp3) is 0.312. The highest BCUT2D eigenvalue weighted by molar-refractivity contribution is 5.95. The fourth-order valence-electron chi connectivity index (χ4n) is 2.30. The highest BCUT2D eigenvalue weighted by atomic mass is 19.1. The van der Waals surface area contributed by atoms with Crippen molar-refractivity contribution in [1.82, 2.24) is 14.7 Å². The van der Waals surface area contributed by atoms with Crippen LogP contribution in [0.3, 0.4) is 0 Å². The Bertz CT molecular complexity index is 777. The van der Waals surface area contributed by atoms with E-state index >= 15 is 0 Å². The van der Waals surface area contributed by atoms with E-state index in [9.17, 15) is 14.3 Å². The minimum Gasteiger partial charge on any atom is -0.389 e. The summed E-state index contributed by atoms with van der Waals surface area (Å²) in [6.07, 6.45) is -0.960. The van der Waals surface area contributed by atoms with Gasteiger partial charge in [-0.3, -0.25) is 9.48 Å². The van der Waals surface area contributed by atoms with Crippen LogP contribution in [0.4, 0.5) is 4.39 Å². The Morgan fingerprint density at radius 2 is 2.22 bits per heavy atom. The maximum Gasteiger partial charge on any atom is 0.254 e. The first-order valence-electron chi connectivity index (χ1n) is 6.99. The number of aliphatic hydroxyl groups excluding tert-OH is 1. The summed E-state index contributed by atoms with van der Waals surface area (Å²) in [4.78, 5) is 13.9. The van der Waals surface area contributed by atoms with Gasteiger partial charge in [-0.05, 0) is 36.8 Å². The molecule has 7 heteroatoms. The summed E-state index contributed by atoms with van der Waals surface area (Å²) >= 11 is 0. The summed E-state index contributed by atoms with van der Waals surface area (Å²) in [7, 11) is 3.23. The predicted molar refractivity (Wildman–Crippen MR) is 80.8 cm³/mol. The molecule has 0 saturated carbocycles. The quantitative estimate of drug-likeness (QED) is 0.931. The summed E-state index contributed by atoms with van der Waals surface area (Å²) in [6.45, 7) is 1.68. The lowest BCUT2D eigenvalue weighted by Gasteiger charge is -2.19. The van der Waals surface area contributed by atoms with Crippen LogP contribution in [0.5, 0.6) is 0 Å². The lowest BCUT2D eigenvalue weighted by atomic mass is 10.0. The van der Waals surface area contributed by atoms with Crippen LogP contribution >= 0.6 is 0 Å². The average molecular weight is 316 g/mol. The second-order valence-corrected chi connectivity index (χ2v) is 5.33. The Hall–Kier alpha value is -2.72. The number of halogens is 1. The molecule has 1 heterocycles. The molecule has 0 bridgehead atoms. The normalized spacial score (nSPS) is 11.8. The van der Waals surface area contributed by atoms with Gasteiger partial charge in [0.2, 0.25) is 0 Å². The number of hydrogen-bond acceptors (Lipinski definition) is 4. The molecule has 0 aliphatic carbocycles. The Morgan fingerprint density at radius 3 is 2.78 bits per heavy atom. The largest absolute Gasteiger partial charge is 0.389 e. The molecule has 0 fully saturated rings. The fourth-order valence-corrected chi connectivity index (χ4v) is 2.30. The standard InChI is InChI=1S/C16H17FN4O2/c1-10(22)15-6-11(17)4-5-14(15)16(23)20(2)9-12-7-13(8-18)21(3)19-12/h4-7,10,22H,9H2,1-3H3/t10-/m0/s1. The first-order chi connectivity index (χ1) is 10.8. The molecule has 0 spiro atoms. The number of amides is 1. The van der Waals surface area contributed by atoms with E-state index < -0.39 is 11.9 Å². The Balaban J connectivity index is 2.24. The molecule has 2 aromatic rings. The molecule has 1 aromatic heterocycles. The number of nitrogens with zero attached hydrogens (tertiary/aromatic N) is 4. The zero-order valence-electron chi connectivity index (χ0n) is 13.1. The molecular formula is C16H17FN4O2. The highest BCUT2D eigenvalue weighted by Gasteiger charge is 2.20. The first kappa shape index (κ1) is 16.6. The van der Waals surface area contributed by atoms with Gasteiger partial charge in [0.05, 0.1) is 18.3 Å². The lowest BCUT2D eigenvalue weighted by molar-refractivity contribution is 0.0776. The van der Waals surface area contributed by atoms with Crippen molar-refractivity contribution >= 4 is 5.91 Å². The number of aliphatic hydroxyl groups is 1. The van der Waals surface area contributed by atoms with Gasteiger partial charge in [-0.1, -0.05) is 0 Å². The molecule has 1 N–H and O–H groups in total. The van der Waals surface area contributed by atoms with Gasteiger partial charge >= 0.3 is 0 Å². The maximum absolute atomic E-state index is 13.3. The number of rotatable bonds is 4. The summed E-state index contributed by atoms with van der Waals surface area (Å²) in [5.41, 5.74) is 1.44. The van der Waals surface area contributed by atoms with Gasteiger partial charge in [0, 0.05) is 19.7 Å². The zero-order chi connectivity index (χ0) is 17.1. The summed E-state index contributed by atoms with van der Waals surface area (Å²) in [6, 6.07) is 7.30. The second kappa shape index (κ2) is 6.58. The van der Waals surface area contributed by atoms with Crippen molar-refractivity contribution in [2.24, 2.45) is 7.05 Å². The summed E-state index contributed by atoms with van der Waals surface area (Å²) in [5, 5.41) is 22.8. The SMILES string of the molecule is C[C@H](O)c1cc(F)ccc1C(=O)N(C)Cc1cc(C#N)n(C)n1. The van der Waals surface area contributed by atoms with Crippen LogP contribution < -0.4 is 0 Å². The van der Waals surface area contributed by atoms with E-state index in [1.165, 1.54) is 28.6 Å². The molecule has 23 heavy (non-hydrogen) atoms. The van der Waals surface area contributed by atoms with E-state index in [-0.39, 0.29) is 23.6 Å². The van der Waals surface area contributed by atoms with Crippen molar-refractivity contribution in [1.29, 1.82) is 5.26 Å². The second-order valence-electron chi connectivity index (χ2n) is 5.33. The number of nitriles is 1. The Labute approximate surface area is 133 Å². The molecule has 2 rings (SSSR count). The van der Waals surface area contributed by atoms with Gasteiger partial charge in [0.25, 0.3) is 5.91 Å². The van der Waals surface area contributed by atoms with E-state index in [4.69, 9.17) is 5.26 Å². The van der Waals surface area contributed by atoms with Crippen molar-refractivity contribution in [3.63, 3.8) is 0 Å². The van der Waals surface area contributed by atoms with Crippen LogP contribution in [0.15, 0.2) is 24.3 Å². The molecule has 1 amide bonds. The van der Waals surface area contributed by atoms with Crippen LogP contribution in [-0.2, 0) is 13.6 Å². The van der Waals surface area contributed by atoms with E-state index in [1.807, 2.05) is 6.07 Å². The van der Waals surface area contributed by atoms with E-state index in [0.717, 1.165) is 6.07 Å². The van der Waals surface area contributed by atoms with Crippen molar-refractivity contribution in [2.75, 3.05) is 7.05 Å². The molecule has 120 valence electrons. The first-order valence-corrected chi connectivity index (χ1v) is 6.99. The van der Waals surface area contributed by atoms with Crippen LogP contribution in [-0.4, -0.2) is 32.7 Å². The molecule has 0 aliphatic heterocycles. The third kappa shape index (κ3) is 3.55. The average Bonchev–Trinajstić information content (AvgIpc) is 2.85. The topological polar surface area (TPSA) is 82.1 Å². The van der Waals surface area contributed by atoms with Gasteiger partial charge in [-0.15, -0.1) is 0 Å². The molecular weight excluding hydrogens is 299 g/mol. The maximum atomic E-state index is 13.3. The minimum atomic E-state index is -0.960. The molecule has 6 nitrogen and oxygen atoms in total. The van der Waals surface area contributed by atoms with Crippen LogP contribution in [0.25, 0.3) is 0 Å². The van der Waals surface area contributed by atoms with Gasteiger partial charge in [-0.25, -0.2) is 4.39 Å². The van der Waals surface area contributed by atoms with E-state index in [1.54, 1.807) is 20.2 Å². The summed E-state index contributed by atoms with van der Waals surface area (Å²) in [5.74, 6) is -0.867. The molecule has 0 aliphatic rings. The number of aromatic nitrogens is 2. The summed E-state index contributed by atoms with van der Waals surface area (Å²) < 4.78 is 14.8. The number of carbonyl (C=O) groups excluding carboxylic acids is 1. The number of hydrogen-bond donors (Lipinski definition) is 1. The van der Waals surface area contributed by atoms with Crippen LogP contribution in [0.2, 0.25) is 0 Å². The van der Waals surface area contributed by atoms with Crippen LogP contribution in [0, 0.1) is 17.1 Å². The molecule has 1 atom stereocenters. The number of aryl methyl sites for hydroxylation is 1. The van der Waals surface area contributed by atoms with E-state index in [2.05, 4.69) is 5.10 Å². The van der Waals surface area contributed by atoms with Gasteiger partial charge in [0.1, 0.15) is 17.6 Å². The molecule has 1 aromatic carbocycles. The molecule has 0 saturated heterocycles. The third-order valence-electron chi connectivity index (χ3n) is 3.48. The van der Waals surface area contributed by atoms with E-state index in [0.29, 0.717) is 11.4 Å². The smallest absolute Gasteiger partial charge is 0.254 e. The van der Waals surface area contributed by atoms with Crippen molar-refractivity contribution in [2.45, 2.75) is 19.6 Å². The van der Waals surface area contributed by atoms with Crippen molar-refractivity contribution in [3.05, 3.63) is 52.6 Å². The van der Waals surface area contributed by atoms with Gasteiger partial charge in [0.15, 0.2) is 0 Å². The molecule has 0 unspecified atom stereocenters. The van der Waals surface area contributed by atoms with Gasteiger partial charge in [-0.2, -0.15) is 10.4 Å². The lowest BCUT2D eigenvalue weighted by Crippen LogP contribution is -2.27. The number of benzene rings is 1. The predicted octanol–water partition coefficient (Wildman–Crippen LogP) is 1.76. The van der Waals surface area contributed by atoms with Crippen molar-refractivity contribution in [3.8, 4) is 6.07 Å². The third-order valence-corrected chi connectivity index (χ3v) is 3.48. The number of carbonyl (C=O) groups is 1.